The molecule has 0 unspecified atom stereocenters. The molecular formula is C18H24N4O. The van der Waals surface area contributed by atoms with Gasteiger partial charge in [0.15, 0.2) is 0 Å². The van der Waals surface area contributed by atoms with Crippen LogP contribution in [0.3, 0.4) is 0 Å². The molecule has 23 heavy (non-hydrogen) atoms. The van der Waals surface area contributed by atoms with Crippen LogP contribution in [0.4, 0.5) is 11.6 Å². The highest BCUT2D eigenvalue weighted by molar-refractivity contribution is 5.92. The molecule has 1 amide bonds. The molecule has 1 aromatic heterocycles. The quantitative estimate of drug-likeness (QED) is 0.884. The Morgan fingerprint density at radius 1 is 1.17 bits per heavy atom. The average molecular weight is 312 g/mol. The smallest absolute Gasteiger partial charge is 0.270 e. The van der Waals surface area contributed by atoms with E-state index in [0.717, 1.165) is 12.1 Å². The highest BCUT2D eigenvalue weighted by Crippen LogP contribution is 2.30. The molecule has 2 aromatic rings. The highest BCUT2D eigenvalue weighted by Gasteiger charge is 2.18. The topological polar surface area (TPSA) is 66.9 Å². The fourth-order valence-corrected chi connectivity index (χ4v) is 2.24. The van der Waals surface area contributed by atoms with Crippen molar-refractivity contribution in [1.29, 1.82) is 0 Å². The van der Waals surface area contributed by atoms with Crippen LogP contribution in [-0.4, -0.2) is 22.4 Å². The summed E-state index contributed by atoms with van der Waals surface area (Å²) in [7, 11) is 0. The van der Waals surface area contributed by atoms with Crippen LogP contribution >= 0.6 is 0 Å². The van der Waals surface area contributed by atoms with Crippen molar-refractivity contribution in [2.75, 3.05) is 11.9 Å². The van der Waals surface area contributed by atoms with E-state index >= 15 is 0 Å². The summed E-state index contributed by atoms with van der Waals surface area (Å²) >= 11 is 0. The normalized spacial score (nSPS) is 11.1. The zero-order valence-electron chi connectivity index (χ0n) is 14.2. The monoisotopic (exact) mass is 312 g/mol. The van der Waals surface area contributed by atoms with Crippen molar-refractivity contribution >= 4 is 17.5 Å². The second-order valence-electron chi connectivity index (χ2n) is 6.44. The van der Waals surface area contributed by atoms with E-state index in [0.29, 0.717) is 18.2 Å². The summed E-state index contributed by atoms with van der Waals surface area (Å²) in [6, 6.07) is 9.68. The molecule has 5 heteroatoms. The van der Waals surface area contributed by atoms with Gasteiger partial charge in [-0.1, -0.05) is 45.9 Å². The van der Waals surface area contributed by atoms with Crippen molar-refractivity contribution in [1.82, 2.24) is 15.3 Å². The molecule has 1 heterocycles. The number of nitrogens with zero attached hydrogens (tertiary/aromatic N) is 2. The Balaban J connectivity index is 2.23. The first kappa shape index (κ1) is 16.9. The minimum absolute atomic E-state index is 0.000293. The van der Waals surface area contributed by atoms with Crippen molar-refractivity contribution in [3.8, 4) is 0 Å². The molecule has 122 valence electrons. The number of anilines is 2. The summed E-state index contributed by atoms with van der Waals surface area (Å²) in [5.41, 5.74) is 2.49. The molecule has 0 atom stereocenters. The Kier molecular flexibility index (Phi) is 5.32. The van der Waals surface area contributed by atoms with Gasteiger partial charge in [0, 0.05) is 18.4 Å². The van der Waals surface area contributed by atoms with Gasteiger partial charge in [-0.2, -0.15) is 0 Å². The zero-order valence-corrected chi connectivity index (χ0v) is 14.2. The van der Waals surface area contributed by atoms with Gasteiger partial charge < -0.3 is 10.6 Å². The van der Waals surface area contributed by atoms with Crippen LogP contribution in [-0.2, 0) is 5.41 Å². The molecule has 0 fully saturated rings. The van der Waals surface area contributed by atoms with Crippen LogP contribution in [0.15, 0.2) is 36.5 Å². The van der Waals surface area contributed by atoms with Gasteiger partial charge in [0.25, 0.3) is 5.91 Å². The van der Waals surface area contributed by atoms with Gasteiger partial charge in [0.1, 0.15) is 5.69 Å². The molecule has 0 spiro atoms. The van der Waals surface area contributed by atoms with Crippen molar-refractivity contribution < 1.29 is 4.79 Å². The van der Waals surface area contributed by atoms with E-state index in [1.807, 2.05) is 25.1 Å². The molecular weight excluding hydrogens is 288 g/mol. The molecule has 0 aliphatic rings. The van der Waals surface area contributed by atoms with Crippen LogP contribution in [0, 0.1) is 0 Å². The van der Waals surface area contributed by atoms with Crippen molar-refractivity contribution in [3.63, 3.8) is 0 Å². The molecule has 0 radical (unpaired) electrons. The largest absolute Gasteiger partial charge is 0.351 e. The number of para-hydroxylation sites is 1. The lowest BCUT2D eigenvalue weighted by Gasteiger charge is -2.23. The predicted molar refractivity (Wildman–Crippen MR) is 93.1 cm³/mol. The number of carbonyl (C=O) groups is 1. The lowest BCUT2D eigenvalue weighted by Crippen LogP contribution is -2.25. The van der Waals surface area contributed by atoms with E-state index in [9.17, 15) is 4.79 Å². The third-order valence-corrected chi connectivity index (χ3v) is 3.41. The third-order valence-electron chi connectivity index (χ3n) is 3.41. The second kappa shape index (κ2) is 7.22. The SMILES string of the molecule is CCCNC(=O)c1ccnc(Nc2ccccc2C(C)(C)C)n1. The summed E-state index contributed by atoms with van der Waals surface area (Å²) in [5.74, 6) is 0.243. The maximum absolute atomic E-state index is 12.0. The highest BCUT2D eigenvalue weighted by atomic mass is 16.1. The summed E-state index contributed by atoms with van der Waals surface area (Å²) in [6.45, 7) is 9.12. The molecule has 0 aliphatic heterocycles. The predicted octanol–water partition coefficient (Wildman–Crippen LogP) is 3.66. The molecule has 5 nitrogen and oxygen atoms in total. The Hall–Kier alpha value is -2.43. The zero-order chi connectivity index (χ0) is 16.9. The van der Waals surface area contributed by atoms with E-state index in [2.05, 4.69) is 47.4 Å². The molecule has 0 saturated heterocycles. The number of hydrogen-bond acceptors (Lipinski definition) is 4. The number of nitrogens with one attached hydrogen (secondary N) is 2. The maximum Gasteiger partial charge on any atom is 0.270 e. The van der Waals surface area contributed by atoms with Crippen LogP contribution in [0.1, 0.15) is 50.2 Å². The first-order valence-corrected chi connectivity index (χ1v) is 7.89. The minimum atomic E-state index is -0.179. The van der Waals surface area contributed by atoms with Gasteiger partial charge in [-0.3, -0.25) is 4.79 Å². The minimum Gasteiger partial charge on any atom is -0.351 e. The second-order valence-corrected chi connectivity index (χ2v) is 6.44. The Bertz CT molecular complexity index is 677. The molecule has 1 aromatic carbocycles. The molecule has 2 rings (SSSR count). The van der Waals surface area contributed by atoms with Crippen LogP contribution in [0.5, 0.6) is 0 Å². The number of amides is 1. The lowest BCUT2D eigenvalue weighted by atomic mass is 9.86. The summed E-state index contributed by atoms with van der Waals surface area (Å²) in [6.07, 6.45) is 2.48. The first-order chi connectivity index (χ1) is 10.9. The number of rotatable bonds is 5. The van der Waals surface area contributed by atoms with Gasteiger partial charge in [0.05, 0.1) is 0 Å². The van der Waals surface area contributed by atoms with Gasteiger partial charge in [-0.15, -0.1) is 0 Å². The molecule has 0 aliphatic carbocycles. The van der Waals surface area contributed by atoms with E-state index in [1.165, 1.54) is 5.56 Å². The summed E-state index contributed by atoms with van der Waals surface area (Å²) in [5, 5.41) is 6.05. The van der Waals surface area contributed by atoms with Crippen molar-refractivity contribution in [2.24, 2.45) is 0 Å². The Labute approximate surface area is 137 Å². The summed E-state index contributed by atoms with van der Waals surface area (Å²) < 4.78 is 0. The number of aromatic nitrogens is 2. The van der Waals surface area contributed by atoms with Gasteiger partial charge in [-0.25, -0.2) is 9.97 Å². The molecule has 0 saturated carbocycles. The van der Waals surface area contributed by atoms with Crippen LogP contribution in [0.25, 0.3) is 0 Å². The third kappa shape index (κ3) is 4.52. The van der Waals surface area contributed by atoms with Crippen molar-refractivity contribution in [3.05, 3.63) is 47.8 Å². The summed E-state index contributed by atoms with van der Waals surface area (Å²) in [4.78, 5) is 20.5. The van der Waals surface area contributed by atoms with Gasteiger partial charge >= 0.3 is 0 Å². The standard InChI is InChI=1S/C18H24N4O/c1-5-11-19-16(23)15-10-12-20-17(22-15)21-14-9-7-6-8-13(14)18(2,3)4/h6-10,12H,5,11H2,1-4H3,(H,19,23)(H,20,21,22). The Morgan fingerprint density at radius 3 is 2.61 bits per heavy atom. The van der Waals surface area contributed by atoms with Crippen molar-refractivity contribution in [2.45, 2.75) is 39.5 Å². The molecule has 2 N–H and O–H groups in total. The van der Waals surface area contributed by atoms with E-state index in [-0.39, 0.29) is 11.3 Å². The van der Waals surface area contributed by atoms with Gasteiger partial charge in [-0.05, 0) is 29.5 Å². The fourth-order valence-electron chi connectivity index (χ4n) is 2.24. The number of hydrogen-bond donors (Lipinski definition) is 2. The van der Waals surface area contributed by atoms with E-state index in [4.69, 9.17) is 0 Å². The first-order valence-electron chi connectivity index (χ1n) is 7.89. The Morgan fingerprint density at radius 2 is 1.91 bits per heavy atom. The number of benzene rings is 1. The van der Waals surface area contributed by atoms with E-state index in [1.54, 1.807) is 12.3 Å². The number of carbonyl (C=O) groups excluding carboxylic acids is 1. The average Bonchev–Trinajstić information content (AvgIpc) is 2.52. The van der Waals surface area contributed by atoms with Crippen LogP contribution in [0.2, 0.25) is 0 Å². The fraction of sp³-hybridized carbons (Fsp3) is 0.389. The lowest BCUT2D eigenvalue weighted by molar-refractivity contribution is 0.0948. The van der Waals surface area contributed by atoms with Crippen LogP contribution < -0.4 is 10.6 Å². The van der Waals surface area contributed by atoms with Gasteiger partial charge in [0.2, 0.25) is 5.95 Å². The molecule has 0 bridgehead atoms. The maximum atomic E-state index is 12.0. The van der Waals surface area contributed by atoms with E-state index < -0.39 is 0 Å².